The maximum atomic E-state index is 13.4. The Bertz CT molecular complexity index is 1570. The number of hydrogen-bond donors (Lipinski definition) is 1. The molecule has 1 amide bonds. The Balaban J connectivity index is 1.54. The van der Waals surface area contributed by atoms with Crippen LogP contribution in [0.3, 0.4) is 0 Å². The minimum Gasteiger partial charge on any atom is -0.267 e. The summed E-state index contributed by atoms with van der Waals surface area (Å²) in [5.41, 5.74) is 8.67. The van der Waals surface area contributed by atoms with Gasteiger partial charge in [0.2, 0.25) is 0 Å². The van der Waals surface area contributed by atoms with Gasteiger partial charge < -0.3 is 0 Å². The van der Waals surface area contributed by atoms with Gasteiger partial charge in [-0.3, -0.25) is 9.78 Å². The Morgan fingerprint density at radius 3 is 2.47 bits per heavy atom. The lowest BCUT2D eigenvalue weighted by Crippen LogP contribution is -2.18. The number of nitrogens with one attached hydrogen (secondary N) is 1. The summed E-state index contributed by atoms with van der Waals surface area (Å²) >= 11 is 0. The third kappa shape index (κ3) is 4.81. The van der Waals surface area contributed by atoms with Gasteiger partial charge in [-0.25, -0.2) is 15.1 Å². The number of carbonyl (C=O) groups excluding carboxylic acids is 1. The van der Waals surface area contributed by atoms with Crippen LogP contribution in [0.1, 0.15) is 28.5 Å². The molecule has 1 N–H and O–H groups in total. The highest BCUT2D eigenvalue weighted by Gasteiger charge is 2.21. The minimum absolute atomic E-state index is 0.341. The first-order valence-corrected chi connectivity index (χ1v) is 11.5. The predicted molar refractivity (Wildman–Crippen MR) is 143 cm³/mol. The van der Waals surface area contributed by atoms with Gasteiger partial charge in [-0.2, -0.15) is 10.2 Å². The van der Waals surface area contributed by atoms with Crippen molar-refractivity contribution in [3.8, 4) is 16.9 Å². The van der Waals surface area contributed by atoms with Crippen molar-refractivity contribution in [2.75, 3.05) is 0 Å². The Labute approximate surface area is 208 Å². The van der Waals surface area contributed by atoms with E-state index in [4.69, 9.17) is 10.1 Å². The van der Waals surface area contributed by atoms with Crippen LogP contribution in [-0.2, 0) is 0 Å². The Morgan fingerprint density at radius 1 is 1.00 bits per heavy atom. The summed E-state index contributed by atoms with van der Waals surface area (Å²) in [5, 5.41) is 9.58. The zero-order valence-corrected chi connectivity index (χ0v) is 20.0. The molecule has 2 aromatic carbocycles. The summed E-state index contributed by atoms with van der Waals surface area (Å²) in [5.74, 6) is -0.341. The molecule has 5 rings (SSSR count). The van der Waals surface area contributed by atoms with Crippen LogP contribution in [0, 0.1) is 6.92 Å². The second kappa shape index (κ2) is 10.1. The highest BCUT2D eigenvalue weighted by molar-refractivity contribution is 6.08. The highest BCUT2D eigenvalue weighted by atomic mass is 16.2. The van der Waals surface area contributed by atoms with E-state index in [-0.39, 0.29) is 5.91 Å². The van der Waals surface area contributed by atoms with Gasteiger partial charge in [0.15, 0.2) is 5.65 Å². The average Bonchev–Trinajstić information content (AvgIpc) is 3.26. The number of carbonyl (C=O) groups is 1. The minimum atomic E-state index is -0.341. The molecule has 0 saturated heterocycles. The lowest BCUT2D eigenvalue weighted by atomic mass is 10.1. The molecule has 0 unspecified atom stereocenters. The SMILES string of the molecule is CC(/C=N\NC(=O)c1cc(-c2cccnc2)nc2c1c(C)nn2-c1ccccc1)=C\c1ccccc1. The van der Waals surface area contributed by atoms with E-state index < -0.39 is 0 Å². The number of nitrogens with zero attached hydrogens (tertiary/aromatic N) is 5. The van der Waals surface area contributed by atoms with Gasteiger partial charge in [-0.15, -0.1) is 0 Å². The number of aryl methyl sites for hydroxylation is 1. The summed E-state index contributed by atoms with van der Waals surface area (Å²) in [6.45, 7) is 3.81. The van der Waals surface area contributed by atoms with E-state index in [1.807, 2.05) is 92.7 Å². The molecule has 0 aliphatic carbocycles. The van der Waals surface area contributed by atoms with Crippen LogP contribution < -0.4 is 5.43 Å². The third-order valence-electron chi connectivity index (χ3n) is 5.64. The van der Waals surface area contributed by atoms with Crippen molar-refractivity contribution < 1.29 is 4.79 Å². The molecule has 0 bridgehead atoms. The lowest BCUT2D eigenvalue weighted by Gasteiger charge is -2.08. The molecule has 0 saturated carbocycles. The molecule has 3 heterocycles. The first-order chi connectivity index (χ1) is 17.6. The van der Waals surface area contributed by atoms with Crippen LogP contribution in [0.5, 0.6) is 0 Å². The lowest BCUT2D eigenvalue weighted by molar-refractivity contribution is 0.0956. The van der Waals surface area contributed by atoms with Crippen molar-refractivity contribution >= 4 is 29.2 Å². The molecule has 0 radical (unpaired) electrons. The Hall–Kier alpha value is -4.91. The van der Waals surface area contributed by atoms with E-state index >= 15 is 0 Å². The third-order valence-corrected chi connectivity index (χ3v) is 5.64. The number of rotatable bonds is 6. The summed E-state index contributed by atoms with van der Waals surface area (Å²) in [7, 11) is 0. The molecule has 0 fully saturated rings. The van der Waals surface area contributed by atoms with Crippen molar-refractivity contribution in [3.05, 3.63) is 114 Å². The van der Waals surface area contributed by atoms with Crippen LogP contribution in [0.25, 0.3) is 34.1 Å². The highest BCUT2D eigenvalue weighted by Crippen LogP contribution is 2.28. The first-order valence-electron chi connectivity index (χ1n) is 11.5. The maximum absolute atomic E-state index is 13.4. The largest absolute Gasteiger partial charge is 0.272 e. The number of amides is 1. The molecular formula is C29H24N6O. The van der Waals surface area contributed by atoms with Gasteiger partial charge in [-0.05, 0) is 55.3 Å². The standard InChI is InChI=1S/C29H24N6O/c1-20(16-22-10-5-3-6-11-22)18-31-33-29(36)25-17-26(23-12-9-15-30-19-23)32-28-27(25)21(2)34-35(28)24-13-7-4-8-14-24/h3-19H,1-2H3,(H,33,36)/b20-16+,31-18-. The van der Waals surface area contributed by atoms with Crippen LogP contribution in [-0.4, -0.2) is 31.9 Å². The van der Waals surface area contributed by atoms with Gasteiger partial charge in [0, 0.05) is 18.0 Å². The molecule has 36 heavy (non-hydrogen) atoms. The number of para-hydroxylation sites is 1. The van der Waals surface area contributed by atoms with E-state index in [0.717, 1.165) is 22.4 Å². The molecule has 5 aromatic rings. The van der Waals surface area contributed by atoms with Crippen molar-refractivity contribution in [1.29, 1.82) is 0 Å². The number of pyridine rings is 2. The molecule has 176 valence electrons. The molecule has 7 nitrogen and oxygen atoms in total. The van der Waals surface area contributed by atoms with Crippen molar-refractivity contribution in [3.63, 3.8) is 0 Å². The van der Waals surface area contributed by atoms with Gasteiger partial charge in [0.05, 0.1) is 34.2 Å². The van der Waals surface area contributed by atoms with Gasteiger partial charge >= 0.3 is 0 Å². The smallest absolute Gasteiger partial charge is 0.267 e. The van der Waals surface area contributed by atoms with Crippen molar-refractivity contribution in [2.45, 2.75) is 13.8 Å². The Morgan fingerprint density at radius 2 is 1.75 bits per heavy atom. The fourth-order valence-electron chi connectivity index (χ4n) is 3.98. The van der Waals surface area contributed by atoms with E-state index in [1.165, 1.54) is 0 Å². The second-order valence-electron chi connectivity index (χ2n) is 8.33. The monoisotopic (exact) mass is 472 g/mol. The van der Waals surface area contributed by atoms with Crippen LogP contribution in [0.2, 0.25) is 0 Å². The van der Waals surface area contributed by atoms with Gasteiger partial charge in [-0.1, -0.05) is 54.6 Å². The van der Waals surface area contributed by atoms with E-state index in [2.05, 4.69) is 15.5 Å². The van der Waals surface area contributed by atoms with Crippen molar-refractivity contribution in [2.24, 2.45) is 5.10 Å². The predicted octanol–water partition coefficient (Wildman–Crippen LogP) is 5.61. The van der Waals surface area contributed by atoms with Crippen LogP contribution >= 0.6 is 0 Å². The molecular weight excluding hydrogens is 448 g/mol. The molecule has 0 atom stereocenters. The topological polar surface area (TPSA) is 85.1 Å². The zero-order valence-electron chi connectivity index (χ0n) is 20.0. The first kappa shape index (κ1) is 22.9. The maximum Gasteiger partial charge on any atom is 0.272 e. The van der Waals surface area contributed by atoms with Crippen LogP contribution in [0.15, 0.2) is 102 Å². The summed E-state index contributed by atoms with van der Waals surface area (Å²) in [6.07, 6.45) is 7.05. The molecule has 0 aliphatic heterocycles. The fraction of sp³-hybridized carbons (Fsp3) is 0.0690. The fourth-order valence-corrected chi connectivity index (χ4v) is 3.98. The number of benzene rings is 2. The Kier molecular flexibility index (Phi) is 6.44. The number of fused-ring (bicyclic) bond motifs is 1. The molecule has 0 aliphatic rings. The zero-order chi connectivity index (χ0) is 24.9. The van der Waals surface area contributed by atoms with Crippen LogP contribution in [0.4, 0.5) is 0 Å². The van der Waals surface area contributed by atoms with Gasteiger partial charge in [0.1, 0.15) is 0 Å². The van der Waals surface area contributed by atoms with E-state index in [0.29, 0.717) is 28.0 Å². The second-order valence-corrected chi connectivity index (χ2v) is 8.33. The molecule has 0 spiro atoms. The number of hydrogen-bond acceptors (Lipinski definition) is 5. The molecule has 3 aromatic heterocycles. The normalized spacial score (nSPS) is 11.8. The van der Waals surface area contributed by atoms with E-state index in [1.54, 1.807) is 29.4 Å². The number of allylic oxidation sites excluding steroid dienone is 1. The summed E-state index contributed by atoms with van der Waals surface area (Å²) in [4.78, 5) is 22.4. The average molecular weight is 473 g/mol. The summed E-state index contributed by atoms with van der Waals surface area (Å²) < 4.78 is 1.76. The van der Waals surface area contributed by atoms with E-state index in [9.17, 15) is 4.79 Å². The molecule has 7 heteroatoms. The van der Waals surface area contributed by atoms with Gasteiger partial charge in [0.25, 0.3) is 5.91 Å². The summed E-state index contributed by atoms with van der Waals surface area (Å²) in [6, 6.07) is 25.2. The number of hydrazone groups is 1. The quantitative estimate of drug-likeness (QED) is 0.257. The number of aromatic nitrogens is 4. The van der Waals surface area contributed by atoms with Crippen molar-refractivity contribution in [1.82, 2.24) is 25.2 Å².